The van der Waals surface area contributed by atoms with Gasteiger partial charge in [0, 0.05) is 24.3 Å². The van der Waals surface area contributed by atoms with Crippen LogP contribution in [0.4, 0.5) is 15.8 Å². The lowest BCUT2D eigenvalue weighted by Crippen LogP contribution is -2.47. The van der Waals surface area contributed by atoms with Crippen LogP contribution < -0.4 is 15.5 Å². The maximum atomic E-state index is 13.2. The molecule has 7 heteroatoms. The molecule has 2 aromatic rings. The van der Waals surface area contributed by atoms with Crippen molar-refractivity contribution in [3.63, 3.8) is 0 Å². The number of benzene rings is 2. The Balaban J connectivity index is 1.75. The smallest absolute Gasteiger partial charge is 0.255 e. The fourth-order valence-electron chi connectivity index (χ4n) is 2.52. The molecule has 0 spiro atoms. The second-order valence-electron chi connectivity index (χ2n) is 5.40. The molecule has 0 unspecified atom stereocenters. The summed E-state index contributed by atoms with van der Waals surface area (Å²) in [4.78, 5) is 25.5. The standard InChI is InChI=1S/C17H15ClFN3O2/c18-14-9-13(21-17(24)11-2-1-3-12(19)8-11)4-5-15(14)22-7-6-20-16(23)10-22/h1-5,8-9H,6-7,10H2,(H,20,23)(H,21,24). The minimum Gasteiger partial charge on any atom is -0.359 e. The number of hydrogen-bond donors (Lipinski definition) is 2. The van der Waals surface area contributed by atoms with E-state index in [-0.39, 0.29) is 18.0 Å². The molecule has 24 heavy (non-hydrogen) atoms. The zero-order valence-electron chi connectivity index (χ0n) is 12.7. The van der Waals surface area contributed by atoms with Crippen LogP contribution in [-0.2, 0) is 4.79 Å². The number of piperazine rings is 1. The van der Waals surface area contributed by atoms with Crippen LogP contribution in [0.2, 0.25) is 5.02 Å². The Kier molecular flexibility index (Phi) is 4.66. The van der Waals surface area contributed by atoms with E-state index in [1.165, 1.54) is 18.2 Å². The average molecular weight is 348 g/mol. The highest BCUT2D eigenvalue weighted by Gasteiger charge is 2.19. The molecule has 0 atom stereocenters. The van der Waals surface area contributed by atoms with Crippen LogP contribution in [0.15, 0.2) is 42.5 Å². The lowest BCUT2D eigenvalue weighted by atomic mass is 10.2. The van der Waals surface area contributed by atoms with Crippen LogP contribution in [-0.4, -0.2) is 31.4 Å². The van der Waals surface area contributed by atoms with Crippen molar-refractivity contribution in [2.24, 2.45) is 0 Å². The number of halogens is 2. The number of hydrogen-bond acceptors (Lipinski definition) is 3. The second kappa shape index (κ2) is 6.88. The molecule has 2 aromatic carbocycles. The number of nitrogens with zero attached hydrogens (tertiary/aromatic N) is 1. The summed E-state index contributed by atoms with van der Waals surface area (Å²) >= 11 is 6.28. The summed E-state index contributed by atoms with van der Waals surface area (Å²) in [5.74, 6) is -0.948. The van der Waals surface area contributed by atoms with Gasteiger partial charge in [0.25, 0.3) is 5.91 Å². The first kappa shape index (κ1) is 16.3. The van der Waals surface area contributed by atoms with Gasteiger partial charge in [-0.25, -0.2) is 4.39 Å². The van der Waals surface area contributed by atoms with Gasteiger partial charge in [0.1, 0.15) is 5.82 Å². The van der Waals surface area contributed by atoms with Crippen molar-refractivity contribution >= 4 is 34.8 Å². The van der Waals surface area contributed by atoms with Gasteiger partial charge < -0.3 is 15.5 Å². The molecule has 1 saturated heterocycles. The van der Waals surface area contributed by atoms with Crippen molar-refractivity contribution in [3.05, 3.63) is 58.9 Å². The van der Waals surface area contributed by atoms with Gasteiger partial charge in [-0.3, -0.25) is 9.59 Å². The molecule has 3 rings (SSSR count). The molecular formula is C17H15ClFN3O2. The molecule has 0 saturated carbocycles. The van der Waals surface area contributed by atoms with Gasteiger partial charge >= 0.3 is 0 Å². The third-order valence-corrected chi connectivity index (χ3v) is 3.97. The summed E-state index contributed by atoms with van der Waals surface area (Å²) in [5.41, 5.74) is 1.46. The Morgan fingerprint density at radius 1 is 1.25 bits per heavy atom. The number of carbonyl (C=O) groups is 2. The Morgan fingerprint density at radius 2 is 2.08 bits per heavy atom. The fourth-order valence-corrected chi connectivity index (χ4v) is 2.82. The zero-order chi connectivity index (χ0) is 17.1. The molecule has 1 fully saturated rings. The minimum atomic E-state index is -0.473. The summed E-state index contributed by atoms with van der Waals surface area (Å²) in [6.45, 7) is 1.47. The van der Waals surface area contributed by atoms with Crippen molar-refractivity contribution in [2.75, 3.05) is 29.9 Å². The number of nitrogens with one attached hydrogen (secondary N) is 2. The van der Waals surface area contributed by atoms with Crippen molar-refractivity contribution < 1.29 is 14.0 Å². The van der Waals surface area contributed by atoms with Gasteiger partial charge in [0.2, 0.25) is 5.91 Å². The third kappa shape index (κ3) is 3.65. The first-order valence-corrected chi connectivity index (χ1v) is 7.79. The largest absolute Gasteiger partial charge is 0.359 e. The minimum absolute atomic E-state index is 0.0548. The predicted molar refractivity (Wildman–Crippen MR) is 91.0 cm³/mol. The quantitative estimate of drug-likeness (QED) is 0.897. The van der Waals surface area contributed by atoms with E-state index in [2.05, 4.69) is 10.6 Å². The summed E-state index contributed by atoms with van der Waals surface area (Å²) in [5, 5.41) is 5.86. The van der Waals surface area contributed by atoms with Gasteiger partial charge in [0.15, 0.2) is 0 Å². The van der Waals surface area contributed by atoms with E-state index < -0.39 is 11.7 Å². The Hall–Kier alpha value is -2.60. The Labute approximate surface area is 143 Å². The molecule has 2 amide bonds. The lowest BCUT2D eigenvalue weighted by molar-refractivity contribution is -0.120. The number of carbonyl (C=O) groups excluding carboxylic acids is 2. The molecule has 0 radical (unpaired) electrons. The van der Waals surface area contributed by atoms with Gasteiger partial charge in [0.05, 0.1) is 17.3 Å². The summed E-state index contributed by atoms with van der Waals surface area (Å²) in [6, 6.07) is 10.5. The molecule has 0 bridgehead atoms. The Morgan fingerprint density at radius 3 is 2.79 bits per heavy atom. The summed E-state index contributed by atoms with van der Waals surface area (Å²) in [6.07, 6.45) is 0. The van der Waals surface area contributed by atoms with E-state index in [0.717, 1.165) is 11.8 Å². The van der Waals surface area contributed by atoms with Crippen molar-refractivity contribution in [3.8, 4) is 0 Å². The van der Waals surface area contributed by atoms with Crippen LogP contribution in [0, 0.1) is 5.82 Å². The highest BCUT2D eigenvalue weighted by Crippen LogP contribution is 2.29. The van der Waals surface area contributed by atoms with Crippen LogP contribution >= 0.6 is 11.6 Å². The van der Waals surface area contributed by atoms with E-state index in [9.17, 15) is 14.0 Å². The highest BCUT2D eigenvalue weighted by atomic mass is 35.5. The van der Waals surface area contributed by atoms with Crippen LogP contribution in [0.25, 0.3) is 0 Å². The zero-order valence-corrected chi connectivity index (χ0v) is 13.4. The van der Waals surface area contributed by atoms with Crippen molar-refractivity contribution in [1.29, 1.82) is 0 Å². The maximum absolute atomic E-state index is 13.2. The molecule has 0 aliphatic carbocycles. The van der Waals surface area contributed by atoms with Crippen LogP contribution in [0.3, 0.4) is 0 Å². The van der Waals surface area contributed by atoms with Crippen molar-refractivity contribution in [2.45, 2.75) is 0 Å². The predicted octanol–water partition coefficient (Wildman–Crippen LogP) is 2.67. The number of rotatable bonds is 3. The molecule has 1 heterocycles. The van der Waals surface area contributed by atoms with E-state index in [0.29, 0.717) is 23.8 Å². The van der Waals surface area contributed by atoms with E-state index in [1.807, 2.05) is 4.90 Å². The van der Waals surface area contributed by atoms with Gasteiger partial charge in [-0.2, -0.15) is 0 Å². The molecule has 1 aliphatic heterocycles. The molecule has 1 aliphatic rings. The monoisotopic (exact) mass is 347 g/mol. The highest BCUT2D eigenvalue weighted by molar-refractivity contribution is 6.33. The average Bonchev–Trinajstić information content (AvgIpc) is 2.55. The molecule has 5 nitrogen and oxygen atoms in total. The van der Waals surface area contributed by atoms with Crippen LogP contribution in [0.1, 0.15) is 10.4 Å². The summed E-state index contributed by atoms with van der Waals surface area (Å²) in [7, 11) is 0. The SMILES string of the molecule is O=C1CN(c2ccc(NC(=O)c3cccc(F)c3)cc2Cl)CCN1. The first-order chi connectivity index (χ1) is 11.5. The topological polar surface area (TPSA) is 61.4 Å². The molecule has 2 N–H and O–H groups in total. The second-order valence-corrected chi connectivity index (χ2v) is 5.81. The third-order valence-electron chi connectivity index (χ3n) is 3.67. The maximum Gasteiger partial charge on any atom is 0.255 e. The van der Waals surface area contributed by atoms with Gasteiger partial charge in [-0.1, -0.05) is 17.7 Å². The van der Waals surface area contributed by atoms with Gasteiger partial charge in [-0.05, 0) is 36.4 Å². The Bertz CT molecular complexity index is 797. The van der Waals surface area contributed by atoms with Crippen molar-refractivity contribution in [1.82, 2.24) is 5.32 Å². The number of amides is 2. The fraction of sp³-hybridized carbons (Fsp3) is 0.176. The normalized spacial score (nSPS) is 14.2. The number of anilines is 2. The van der Waals surface area contributed by atoms with E-state index in [1.54, 1.807) is 18.2 Å². The van der Waals surface area contributed by atoms with Gasteiger partial charge in [-0.15, -0.1) is 0 Å². The van der Waals surface area contributed by atoms with E-state index in [4.69, 9.17) is 11.6 Å². The lowest BCUT2D eigenvalue weighted by Gasteiger charge is -2.29. The van der Waals surface area contributed by atoms with Crippen LogP contribution in [0.5, 0.6) is 0 Å². The summed E-state index contributed by atoms with van der Waals surface area (Å²) < 4.78 is 13.2. The molecular weight excluding hydrogens is 333 g/mol. The first-order valence-electron chi connectivity index (χ1n) is 7.41. The molecule has 0 aromatic heterocycles. The van der Waals surface area contributed by atoms with E-state index >= 15 is 0 Å². The molecule has 124 valence electrons.